The van der Waals surface area contributed by atoms with E-state index >= 15 is 0 Å². The Morgan fingerprint density at radius 3 is 2.08 bits per heavy atom. The molecule has 3 aliphatic rings. The van der Waals surface area contributed by atoms with Gasteiger partial charge in [0, 0.05) is 25.6 Å². The molecule has 11 nitrogen and oxygen atoms in total. The summed E-state index contributed by atoms with van der Waals surface area (Å²) in [5.74, 6) is 1.92. The number of carbonyl (C=O) groups is 5. The number of likely N-dealkylation sites (tertiary alicyclic amines) is 1. The number of nitrogens with two attached hydrogens (primary N) is 1. The van der Waals surface area contributed by atoms with Gasteiger partial charge in [-0.1, -0.05) is 34.6 Å². The van der Waals surface area contributed by atoms with Crippen molar-refractivity contribution in [2.45, 2.75) is 79.9 Å². The lowest BCUT2D eigenvalue weighted by molar-refractivity contribution is -0.130. The second-order valence-electron chi connectivity index (χ2n) is 12.0. The highest BCUT2D eigenvalue weighted by Crippen LogP contribution is 2.61. The van der Waals surface area contributed by atoms with Crippen LogP contribution in [0.4, 0.5) is 4.79 Å². The van der Waals surface area contributed by atoms with Crippen LogP contribution in [0.2, 0.25) is 0 Å². The standard InChI is InChI=1S/C14H24N2O3.C8H12N2O3.C4H10.CH5N/c1-13(2,3)19-12(18)15-6-11(17)16-7-9-10(8-16)14(9,4)5;11-4-7(10-5-12)3-6-1-2-9-8(6)13;1-4(2)3;1-2/h9-10H,6-8H2,1-5H3,(H,15,18);4-7H,1-3H2,(H,9,13)(H,10,12);4H,1-3H3;2H2,1H3. The summed E-state index contributed by atoms with van der Waals surface area (Å²) in [6, 6.07) is -0.536. The van der Waals surface area contributed by atoms with Crippen molar-refractivity contribution in [1.82, 2.24) is 20.9 Å². The molecule has 4 amide bonds. The Morgan fingerprint density at radius 2 is 1.68 bits per heavy atom. The zero-order chi connectivity index (χ0) is 29.7. The van der Waals surface area contributed by atoms with E-state index in [1.165, 1.54) is 7.05 Å². The van der Waals surface area contributed by atoms with Gasteiger partial charge in [-0.3, -0.25) is 14.4 Å². The Morgan fingerprint density at radius 1 is 1.16 bits per heavy atom. The molecule has 0 bridgehead atoms. The average molecular weight is 542 g/mol. The van der Waals surface area contributed by atoms with Gasteiger partial charge in [0.2, 0.25) is 18.2 Å². The third-order valence-corrected chi connectivity index (χ3v) is 6.41. The van der Waals surface area contributed by atoms with E-state index in [0.29, 0.717) is 42.9 Å². The molecule has 1 aliphatic carbocycles. The van der Waals surface area contributed by atoms with E-state index < -0.39 is 17.7 Å². The molecule has 4 unspecified atom stereocenters. The van der Waals surface area contributed by atoms with Crippen molar-refractivity contribution >= 4 is 30.6 Å². The molecule has 3 rings (SSSR count). The van der Waals surface area contributed by atoms with E-state index in [1.807, 2.05) is 4.90 Å². The van der Waals surface area contributed by atoms with Gasteiger partial charge in [-0.05, 0) is 63.8 Å². The third kappa shape index (κ3) is 12.7. The van der Waals surface area contributed by atoms with Crippen LogP contribution in [0.1, 0.15) is 68.2 Å². The van der Waals surface area contributed by atoms with Crippen LogP contribution in [-0.2, 0) is 23.9 Å². The lowest BCUT2D eigenvalue weighted by Gasteiger charge is -2.23. The van der Waals surface area contributed by atoms with Crippen molar-refractivity contribution in [3.63, 3.8) is 0 Å². The number of aldehydes is 1. The Hall–Kier alpha value is -2.69. The number of ether oxygens (including phenoxy) is 1. The molecule has 0 aromatic rings. The Kier molecular flexibility index (Phi) is 15.2. The van der Waals surface area contributed by atoms with Crippen LogP contribution in [0.5, 0.6) is 0 Å². The van der Waals surface area contributed by atoms with Crippen LogP contribution in [0, 0.1) is 29.1 Å². The first-order valence-electron chi connectivity index (χ1n) is 13.4. The highest BCUT2D eigenvalue weighted by Gasteiger charge is 2.62. The molecule has 3 fully saturated rings. The lowest BCUT2D eigenvalue weighted by Crippen LogP contribution is -2.42. The SMILES string of the molecule is CC(C)(C)OC(=O)NCC(=O)N1CC2C(C1)C2(C)C.CC(C)C.CN.O=CNC(C=O)CC1CCNC1=O. The number of carbonyl (C=O) groups excluding carboxylic acids is 5. The van der Waals surface area contributed by atoms with Gasteiger partial charge < -0.3 is 36.1 Å². The fourth-order valence-electron chi connectivity index (χ4n) is 4.34. The molecule has 0 spiro atoms. The number of amides is 4. The van der Waals surface area contributed by atoms with E-state index in [1.54, 1.807) is 20.8 Å². The number of rotatable bonds is 7. The monoisotopic (exact) mass is 541 g/mol. The molecule has 0 aromatic carbocycles. The minimum Gasteiger partial charge on any atom is -0.444 e. The summed E-state index contributed by atoms with van der Waals surface area (Å²) in [4.78, 5) is 56.8. The van der Waals surface area contributed by atoms with E-state index in [-0.39, 0.29) is 24.3 Å². The maximum atomic E-state index is 11.9. The van der Waals surface area contributed by atoms with Crippen LogP contribution < -0.4 is 21.7 Å². The van der Waals surface area contributed by atoms with Crippen LogP contribution in [-0.4, -0.2) is 80.4 Å². The molecule has 4 atom stereocenters. The summed E-state index contributed by atoms with van der Waals surface area (Å²) >= 11 is 0. The number of piperidine rings is 1. The Labute approximate surface area is 228 Å². The third-order valence-electron chi connectivity index (χ3n) is 6.41. The zero-order valence-electron chi connectivity index (χ0n) is 24.8. The summed E-state index contributed by atoms with van der Waals surface area (Å²) in [5.41, 5.74) is 4.36. The van der Waals surface area contributed by atoms with E-state index in [2.05, 4.69) is 56.3 Å². The molecular formula is C27H51N5O6. The summed E-state index contributed by atoms with van der Waals surface area (Å²) in [6.45, 7) is 18.7. The van der Waals surface area contributed by atoms with Gasteiger partial charge in [-0.15, -0.1) is 0 Å². The molecular weight excluding hydrogens is 490 g/mol. The van der Waals surface area contributed by atoms with E-state index in [9.17, 15) is 24.0 Å². The van der Waals surface area contributed by atoms with Gasteiger partial charge in [0.25, 0.3) is 0 Å². The number of nitrogens with one attached hydrogen (secondary N) is 3. The van der Waals surface area contributed by atoms with Gasteiger partial charge in [-0.2, -0.15) is 0 Å². The Bertz CT molecular complexity index is 764. The van der Waals surface area contributed by atoms with Crippen molar-refractivity contribution in [3.05, 3.63) is 0 Å². The first-order chi connectivity index (χ1) is 17.6. The summed E-state index contributed by atoms with van der Waals surface area (Å²) in [6.07, 6.45) is 1.73. The predicted molar refractivity (Wildman–Crippen MR) is 147 cm³/mol. The van der Waals surface area contributed by atoms with Gasteiger partial charge in [0.15, 0.2) is 0 Å². The molecule has 2 heterocycles. The highest BCUT2D eigenvalue weighted by molar-refractivity contribution is 5.83. The molecule has 1 saturated carbocycles. The van der Waals surface area contributed by atoms with Crippen LogP contribution in [0.3, 0.4) is 0 Å². The van der Waals surface area contributed by atoms with Crippen molar-refractivity contribution in [1.29, 1.82) is 0 Å². The zero-order valence-corrected chi connectivity index (χ0v) is 24.8. The summed E-state index contributed by atoms with van der Waals surface area (Å²) < 4.78 is 5.09. The van der Waals surface area contributed by atoms with E-state index in [4.69, 9.17) is 4.74 Å². The molecule has 11 heteroatoms. The van der Waals surface area contributed by atoms with Gasteiger partial charge in [0.1, 0.15) is 18.4 Å². The fourth-order valence-corrected chi connectivity index (χ4v) is 4.34. The molecule has 2 aliphatic heterocycles. The van der Waals surface area contributed by atoms with Crippen LogP contribution >= 0.6 is 0 Å². The second kappa shape index (κ2) is 16.3. The normalized spacial score (nSPS) is 23.0. The number of hydrogen-bond acceptors (Lipinski definition) is 7. The predicted octanol–water partition coefficient (Wildman–Crippen LogP) is 1.69. The minimum absolute atomic E-state index is 0.0196. The summed E-state index contributed by atoms with van der Waals surface area (Å²) in [7, 11) is 1.50. The van der Waals surface area contributed by atoms with Gasteiger partial charge in [-0.25, -0.2) is 4.79 Å². The lowest BCUT2D eigenvalue weighted by atomic mass is 9.99. The van der Waals surface area contributed by atoms with Gasteiger partial charge in [0.05, 0.1) is 6.04 Å². The number of hydrogen-bond donors (Lipinski definition) is 4. The van der Waals surface area contributed by atoms with Crippen molar-refractivity contribution in [3.8, 4) is 0 Å². The Balaban J connectivity index is 0.000000625. The molecule has 0 aromatic heterocycles. The minimum atomic E-state index is -0.537. The van der Waals surface area contributed by atoms with Crippen molar-refractivity contribution in [2.24, 2.45) is 34.8 Å². The first-order valence-corrected chi connectivity index (χ1v) is 13.4. The first kappa shape index (κ1) is 35.3. The molecule has 5 N–H and O–H groups in total. The smallest absolute Gasteiger partial charge is 0.408 e. The number of alkyl carbamates (subject to hydrolysis) is 1. The van der Waals surface area contributed by atoms with E-state index in [0.717, 1.165) is 25.4 Å². The van der Waals surface area contributed by atoms with Crippen LogP contribution in [0.25, 0.3) is 0 Å². The molecule has 0 radical (unpaired) electrons. The molecule has 38 heavy (non-hydrogen) atoms. The molecule has 220 valence electrons. The van der Waals surface area contributed by atoms with Gasteiger partial charge >= 0.3 is 6.09 Å². The maximum absolute atomic E-state index is 11.9. The average Bonchev–Trinajstić information content (AvgIpc) is 3.21. The quantitative estimate of drug-likeness (QED) is 0.357. The fraction of sp³-hybridized carbons (Fsp3) is 0.815. The number of fused-ring (bicyclic) bond motifs is 1. The molecule has 2 saturated heterocycles. The highest BCUT2D eigenvalue weighted by atomic mass is 16.6. The number of nitrogens with zero attached hydrogens (tertiary/aromatic N) is 1. The second-order valence-corrected chi connectivity index (χ2v) is 12.0. The van der Waals surface area contributed by atoms with Crippen molar-refractivity contribution < 1.29 is 28.7 Å². The topological polar surface area (TPSA) is 160 Å². The largest absolute Gasteiger partial charge is 0.444 e. The summed E-state index contributed by atoms with van der Waals surface area (Å²) in [5, 5.41) is 7.54. The van der Waals surface area contributed by atoms with Crippen LogP contribution in [0.15, 0.2) is 0 Å². The maximum Gasteiger partial charge on any atom is 0.408 e. The van der Waals surface area contributed by atoms with Crippen molar-refractivity contribution in [2.75, 3.05) is 33.2 Å².